The zero-order valence-corrected chi connectivity index (χ0v) is 11.7. The van der Waals surface area contributed by atoms with Crippen molar-refractivity contribution in [2.24, 2.45) is 5.10 Å². The molecule has 102 valence electrons. The van der Waals surface area contributed by atoms with Crippen LogP contribution in [0.15, 0.2) is 47.6 Å². The van der Waals surface area contributed by atoms with E-state index in [4.69, 9.17) is 0 Å². The summed E-state index contributed by atoms with van der Waals surface area (Å²) in [5.41, 5.74) is 8.51. The molecule has 1 heterocycles. The van der Waals surface area contributed by atoms with Crippen LogP contribution in [0.3, 0.4) is 0 Å². The molecule has 1 aliphatic rings. The Bertz CT molecular complexity index is 662. The van der Waals surface area contributed by atoms with Crippen LogP contribution < -0.4 is 5.43 Å². The number of phenolic OH excluding ortho intramolecular Hbond substituents is 1. The van der Waals surface area contributed by atoms with Crippen molar-refractivity contribution < 1.29 is 5.11 Å². The second kappa shape index (κ2) is 5.00. The van der Waals surface area contributed by atoms with Crippen LogP contribution in [0.25, 0.3) is 0 Å². The van der Waals surface area contributed by atoms with Crippen LogP contribution >= 0.6 is 0 Å². The molecule has 1 unspecified atom stereocenters. The Hall–Kier alpha value is -2.29. The fraction of sp³-hybridized carbons (Fsp3) is 0.235. The van der Waals surface area contributed by atoms with Gasteiger partial charge in [-0.25, -0.2) is 0 Å². The maximum absolute atomic E-state index is 10.1. The van der Waals surface area contributed by atoms with Gasteiger partial charge in [0.15, 0.2) is 0 Å². The highest BCUT2D eigenvalue weighted by molar-refractivity contribution is 6.01. The van der Waals surface area contributed by atoms with Gasteiger partial charge >= 0.3 is 0 Å². The monoisotopic (exact) mass is 266 g/mol. The molecule has 0 spiro atoms. The highest BCUT2D eigenvalue weighted by atomic mass is 16.3. The molecule has 0 aromatic heterocycles. The largest absolute Gasteiger partial charge is 0.508 e. The molecule has 2 N–H and O–H groups in total. The third kappa shape index (κ3) is 2.27. The lowest BCUT2D eigenvalue weighted by Crippen LogP contribution is -2.10. The number of benzene rings is 2. The Labute approximate surface area is 119 Å². The van der Waals surface area contributed by atoms with Crippen LogP contribution in [0, 0.1) is 13.8 Å². The van der Waals surface area contributed by atoms with Crippen LogP contribution in [0.5, 0.6) is 5.75 Å². The van der Waals surface area contributed by atoms with Gasteiger partial charge in [-0.05, 0) is 42.7 Å². The van der Waals surface area contributed by atoms with Gasteiger partial charge < -0.3 is 10.5 Å². The molecule has 0 bridgehead atoms. The summed E-state index contributed by atoms with van der Waals surface area (Å²) in [7, 11) is 0. The molecule has 3 rings (SSSR count). The normalized spacial score (nSPS) is 17.7. The number of aromatic hydroxyl groups is 1. The quantitative estimate of drug-likeness (QED) is 0.874. The lowest BCUT2D eigenvalue weighted by atomic mass is 9.95. The number of nitrogens with zero attached hydrogens (tertiary/aromatic N) is 1. The number of phenols is 1. The van der Waals surface area contributed by atoms with E-state index in [0.29, 0.717) is 5.75 Å². The first kappa shape index (κ1) is 12.7. The Balaban J connectivity index is 1.85. The van der Waals surface area contributed by atoms with Gasteiger partial charge in [-0.3, -0.25) is 0 Å². The van der Waals surface area contributed by atoms with E-state index in [-0.39, 0.29) is 6.04 Å². The third-order valence-corrected chi connectivity index (χ3v) is 3.88. The van der Waals surface area contributed by atoms with Gasteiger partial charge in [0, 0.05) is 12.0 Å². The molecule has 0 fully saturated rings. The average Bonchev–Trinajstić information content (AvgIpc) is 2.93. The van der Waals surface area contributed by atoms with Crippen molar-refractivity contribution in [2.45, 2.75) is 26.3 Å². The van der Waals surface area contributed by atoms with Crippen molar-refractivity contribution in [1.29, 1.82) is 0 Å². The summed E-state index contributed by atoms with van der Waals surface area (Å²) in [5, 5.41) is 14.6. The molecule has 1 atom stereocenters. The van der Waals surface area contributed by atoms with Crippen LogP contribution in [-0.2, 0) is 0 Å². The molecular formula is C17H18N2O. The Morgan fingerprint density at radius 3 is 2.55 bits per heavy atom. The van der Waals surface area contributed by atoms with E-state index >= 15 is 0 Å². The topological polar surface area (TPSA) is 44.6 Å². The molecule has 20 heavy (non-hydrogen) atoms. The van der Waals surface area contributed by atoms with E-state index in [9.17, 15) is 5.11 Å². The fourth-order valence-electron chi connectivity index (χ4n) is 2.54. The van der Waals surface area contributed by atoms with Crippen LogP contribution in [0.4, 0.5) is 0 Å². The average molecular weight is 266 g/mol. The lowest BCUT2D eigenvalue weighted by Gasteiger charge is -2.14. The van der Waals surface area contributed by atoms with E-state index in [1.165, 1.54) is 5.56 Å². The van der Waals surface area contributed by atoms with Crippen LogP contribution in [-0.4, -0.2) is 10.8 Å². The molecule has 1 aliphatic heterocycles. The number of rotatable bonds is 2. The van der Waals surface area contributed by atoms with E-state index in [0.717, 1.165) is 28.8 Å². The summed E-state index contributed by atoms with van der Waals surface area (Å²) in [6, 6.07) is 14.1. The van der Waals surface area contributed by atoms with Crippen molar-refractivity contribution in [1.82, 2.24) is 5.43 Å². The first-order valence-corrected chi connectivity index (χ1v) is 6.83. The Morgan fingerprint density at radius 1 is 1.10 bits per heavy atom. The second-order valence-corrected chi connectivity index (χ2v) is 5.31. The molecule has 0 saturated carbocycles. The van der Waals surface area contributed by atoms with Gasteiger partial charge in [0.1, 0.15) is 5.75 Å². The Kier molecular flexibility index (Phi) is 3.18. The van der Waals surface area contributed by atoms with Crippen molar-refractivity contribution in [2.75, 3.05) is 0 Å². The maximum atomic E-state index is 10.1. The number of nitrogens with one attached hydrogen (secondary N) is 1. The molecular weight excluding hydrogens is 248 g/mol. The standard InChI is InChI=1S/C17H18N2O/c1-11-8-14(17(20)9-12(11)2)16-10-15(18-19-16)13-6-4-3-5-7-13/h3-9,16,19-20H,10H2,1-2H3. The van der Waals surface area contributed by atoms with E-state index in [1.54, 1.807) is 0 Å². The van der Waals surface area contributed by atoms with Gasteiger partial charge in [-0.15, -0.1) is 0 Å². The van der Waals surface area contributed by atoms with Gasteiger partial charge in [-0.2, -0.15) is 5.10 Å². The van der Waals surface area contributed by atoms with E-state index in [2.05, 4.69) is 29.6 Å². The number of hydrogen-bond donors (Lipinski definition) is 2. The molecule has 0 amide bonds. The molecule has 0 aliphatic carbocycles. The van der Waals surface area contributed by atoms with Crippen molar-refractivity contribution in [3.63, 3.8) is 0 Å². The molecule has 3 nitrogen and oxygen atoms in total. The second-order valence-electron chi connectivity index (χ2n) is 5.31. The van der Waals surface area contributed by atoms with Gasteiger partial charge in [-0.1, -0.05) is 30.3 Å². The zero-order chi connectivity index (χ0) is 14.1. The number of aryl methyl sites for hydroxylation is 2. The molecule has 2 aromatic rings. The minimum Gasteiger partial charge on any atom is -0.508 e. The van der Waals surface area contributed by atoms with E-state index < -0.39 is 0 Å². The number of hydrogen-bond acceptors (Lipinski definition) is 3. The summed E-state index contributed by atoms with van der Waals surface area (Å²) < 4.78 is 0. The first-order chi connectivity index (χ1) is 9.65. The third-order valence-electron chi connectivity index (χ3n) is 3.88. The van der Waals surface area contributed by atoms with Gasteiger partial charge in [0.25, 0.3) is 0 Å². The first-order valence-electron chi connectivity index (χ1n) is 6.83. The zero-order valence-electron chi connectivity index (χ0n) is 11.7. The van der Waals surface area contributed by atoms with Gasteiger partial charge in [0.05, 0.1) is 11.8 Å². The molecule has 0 saturated heterocycles. The molecule has 3 heteroatoms. The minimum atomic E-state index is 0.0458. The maximum Gasteiger partial charge on any atom is 0.121 e. The molecule has 2 aromatic carbocycles. The summed E-state index contributed by atoms with van der Waals surface area (Å²) in [6.45, 7) is 4.07. The highest BCUT2D eigenvalue weighted by Gasteiger charge is 2.23. The van der Waals surface area contributed by atoms with Crippen LogP contribution in [0.1, 0.15) is 34.7 Å². The SMILES string of the molecule is Cc1cc(O)c(C2CC(c3ccccc3)=NN2)cc1C. The predicted octanol–water partition coefficient (Wildman–Crippen LogP) is 3.45. The molecule has 0 radical (unpaired) electrons. The number of hydrazone groups is 1. The highest BCUT2D eigenvalue weighted by Crippen LogP contribution is 2.32. The smallest absolute Gasteiger partial charge is 0.121 e. The summed E-state index contributed by atoms with van der Waals surface area (Å²) >= 11 is 0. The van der Waals surface area contributed by atoms with Gasteiger partial charge in [0.2, 0.25) is 0 Å². The van der Waals surface area contributed by atoms with Crippen molar-refractivity contribution >= 4 is 5.71 Å². The summed E-state index contributed by atoms with van der Waals surface area (Å²) in [4.78, 5) is 0. The minimum absolute atomic E-state index is 0.0458. The van der Waals surface area contributed by atoms with Crippen molar-refractivity contribution in [3.05, 3.63) is 64.7 Å². The predicted molar refractivity (Wildman–Crippen MR) is 81.1 cm³/mol. The van der Waals surface area contributed by atoms with Crippen molar-refractivity contribution in [3.8, 4) is 5.75 Å². The Morgan fingerprint density at radius 2 is 1.80 bits per heavy atom. The fourth-order valence-corrected chi connectivity index (χ4v) is 2.54. The van der Waals surface area contributed by atoms with E-state index in [1.807, 2.05) is 37.3 Å². The lowest BCUT2D eigenvalue weighted by molar-refractivity contribution is 0.455. The summed E-state index contributed by atoms with van der Waals surface area (Å²) in [6.07, 6.45) is 0.792. The summed E-state index contributed by atoms with van der Waals surface area (Å²) in [5.74, 6) is 0.343. The van der Waals surface area contributed by atoms with Crippen LogP contribution in [0.2, 0.25) is 0 Å².